The number of thioether (sulfide) groups is 1. The Hall–Kier alpha value is -3.23. The molecule has 0 aliphatic carbocycles. The van der Waals surface area contributed by atoms with Gasteiger partial charge in [0.2, 0.25) is 5.78 Å². The molecule has 3 heterocycles. The molecule has 0 spiro atoms. The molecule has 0 amide bonds. The summed E-state index contributed by atoms with van der Waals surface area (Å²) >= 11 is 3.28. The van der Waals surface area contributed by atoms with Crippen molar-refractivity contribution >= 4 is 39.8 Å². The fourth-order valence-electron chi connectivity index (χ4n) is 3.77. The summed E-state index contributed by atoms with van der Waals surface area (Å²) in [5.41, 5.74) is 3.18. The Morgan fingerprint density at radius 2 is 1.91 bits per heavy atom. The zero-order chi connectivity index (χ0) is 22.9. The summed E-state index contributed by atoms with van der Waals surface area (Å²) < 4.78 is 3.56. The first-order chi connectivity index (χ1) is 16.1. The van der Waals surface area contributed by atoms with Gasteiger partial charge in [0, 0.05) is 28.9 Å². The molecule has 0 atom stereocenters. The SMILES string of the molecule is C=CCn1c(=O)c2ccccc2n2c(SCc3cnc(-c4ccc(C(C)C)cc4)s3)nnc12. The highest BCUT2D eigenvalue weighted by molar-refractivity contribution is 7.98. The van der Waals surface area contributed by atoms with Crippen molar-refractivity contribution in [1.29, 1.82) is 0 Å². The molecule has 0 fully saturated rings. The monoisotopic (exact) mass is 473 g/mol. The van der Waals surface area contributed by atoms with E-state index in [4.69, 9.17) is 0 Å². The van der Waals surface area contributed by atoms with Gasteiger partial charge in [0.25, 0.3) is 5.56 Å². The van der Waals surface area contributed by atoms with E-state index >= 15 is 0 Å². The topological polar surface area (TPSA) is 65.1 Å². The van der Waals surface area contributed by atoms with Crippen LogP contribution in [-0.2, 0) is 12.3 Å². The predicted molar refractivity (Wildman–Crippen MR) is 136 cm³/mol. The lowest BCUT2D eigenvalue weighted by Gasteiger charge is -2.09. The second-order valence-corrected chi connectivity index (χ2v) is 10.1. The van der Waals surface area contributed by atoms with Crippen LogP contribution in [0.2, 0.25) is 0 Å². The van der Waals surface area contributed by atoms with Crippen LogP contribution >= 0.6 is 23.1 Å². The lowest BCUT2D eigenvalue weighted by Crippen LogP contribution is -2.22. The summed E-state index contributed by atoms with van der Waals surface area (Å²) in [6.45, 7) is 8.55. The van der Waals surface area contributed by atoms with E-state index in [9.17, 15) is 4.79 Å². The number of fused-ring (bicyclic) bond motifs is 3. The normalized spacial score (nSPS) is 11.6. The minimum absolute atomic E-state index is 0.0856. The van der Waals surface area contributed by atoms with E-state index in [1.165, 1.54) is 5.56 Å². The zero-order valence-corrected chi connectivity index (χ0v) is 20.1. The van der Waals surface area contributed by atoms with Crippen molar-refractivity contribution in [2.24, 2.45) is 0 Å². The number of allylic oxidation sites excluding steroid dienone is 1. The van der Waals surface area contributed by atoms with Crippen LogP contribution in [0.4, 0.5) is 0 Å². The Kier molecular flexibility index (Phi) is 5.86. The molecule has 0 saturated heterocycles. The maximum atomic E-state index is 12.9. The minimum atomic E-state index is -0.0856. The Morgan fingerprint density at radius 1 is 1.12 bits per heavy atom. The first-order valence-corrected chi connectivity index (χ1v) is 12.5. The summed E-state index contributed by atoms with van der Waals surface area (Å²) in [6.07, 6.45) is 3.63. The zero-order valence-electron chi connectivity index (χ0n) is 18.4. The van der Waals surface area contributed by atoms with Gasteiger partial charge in [-0.25, -0.2) is 4.98 Å². The van der Waals surface area contributed by atoms with Gasteiger partial charge in [0.1, 0.15) is 5.01 Å². The van der Waals surface area contributed by atoms with Crippen molar-refractivity contribution in [2.75, 3.05) is 0 Å². The molecule has 0 bridgehead atoms. The van der Waals surface area contributed by atoms with Gasteiger partial charge in [0.05, 0.1) is 10.9 Å². The summed E-state index contributed by atoms with van der Waals surface area (Å²) in [5, 5.41) is 11.1. The molecule has 8 heteroatoms. The minimum Gasteiger partial charge on any atom is -0.272 e. The highest BCUT2D eigenvalue weighted by Crippen LogP contribution is 2.31. The molecule has 0 aliphatic rings. The predicted octanol–water partition coefficient (Wildman–Crippen LogP) is 5.77. The molecule has 33 heavy (non-hydrogen) atoms. The van der Waals surface area contributed by atoms with Crippen molar-refractivity contribution in [2.45, 2.75) is 37.2 Å². The highest BCUT2D eigenvalue weighted by Gasteiger charge is 2.16. The van der Waals surface area contributed by atoms with Crippen LogP contribution in [0.1, 0.15) is 30.2 Å². The van der Waals surface area contributed by atoms with Gasteiger partial charge in [-0.05, 0) is 23.6 Å². The molecule has 0 aliphatic heterocycles. The molecule has 5 aromatic rings. The number of thiazole rings is 1. The van der Waals surface area contributed by atoms with E-state index < -0.39 is 0 Å². The van der Waals surface area contributed by atoms with Crippen LogP contribution in [-0.4, -0.2) is 24.1 Å². The number of hydrogen-bond donors (Lipinski definition) is 0. The molecule has 6 nitrogen and oxygen atoms in total. The number of nitrogens with zero attached hydrogens (tertiary/aromatic N) is 5. The summed E-state index contributed by atoms with van der Waals surface area (Å²) in [5.74, 6) is 1.76. The Bertz CT molecular complexity index is 1510. The van der Waals surface area contributed by atoms with E-state index in [2.05, 4.69) is 59.9 Å². The van der Waals surface area contributed by atoms with Crippen molar-refractivity contribution in [3.8, 4) is 10.6 Å². The number of hydrogen-bond acceptors (Lipinski definition) is 6. The Balaban J connectivity index is 1.45. The second kappa shape index (κ2) is 8.96. The van der Waals surface area contributed by atoms with Crippen LogP contribution in [0.3, 0.4) is 0 Å². The largest absolute Gasteiger partial charge is 0.272 e. The van der Waals surface area contributed by atoms with Gasteiger partial charge in [-0.1, -0.05) is 68.1 Å². The molecule has 2 aromatic carbocycles. The van der Waals surface area contributed by atoms with Crippen LogP contribution in [0, 0.1) is 0 Å². The van der Waals surface area contributed by atoms with Gasteiger partial charge >= 0.3 is 0 Å². The van der Waals surface area contributed by atoms with Crippen LogP contribution < -0.4 is 5.56 Å². The molecule has 0 saturated carbocycles. The standard InChI is InChI=1S/C25H23N5OS2/c1-4-13-29-23(31)20-7-5-6-8-21(20)30-24(29)27-28-25(30)32-15-19-14-26-22(33-19)18-11-9-17(10-12-18)16(2)3/h4-12,14,16H,1,13,15H2,2-3H3. The maximum absolute atomic E-state index is 12.9. The lowest BCUT2D eigenvalue weighted by molar-refractivity contribution is 0.783. The van der Waals surface area contributed by atoms with Crippen molar-refractivity contribution < 1.29 is 0 Å². The van der Waals surface area contributed by atoms with E-state index in [0.29, 0.717) is 23.6 Å². The van der Waals surface area contributed by atoms with Gasteiger partial charge in [-0.3, -0.25) is 13.8 Å². The third-order valence-corrected chi connectivity index (χ3v) is 7.72. The maximum Gasteiger partial charge on any atom is 0.263 e. The summed E-state index contributed by atoms with van der Waals surface area (Å²) in [4.78, 5) is 18.7. The fourth-order valence-corrected chi connectivity index (χ4v) is 5.65. The third kappa shape index (κ3) is 4.00. The molecule has 166 valence electrons. The van der Waals surface area contributed by atoms with Crippen LogP contribution in [0.25, 0.3) is 27.3 Å². The van der Waals surface area contributed by atoms with E-state index in [1.54, 1.807) is 33.7 Å². The smallest absolute Gasteiger partial charge is 0.263 e. The van der Waals surface area contributed by atoms with Crippen LogP contribution in [0.5, 0.6) is 0 Å². The van der Waals surface area contributed by atoms with Crippen molar-refractivity contribution in [3.63, 3.8) is 0 Å². The number of rotatable bonds is 7. The molecule has 0 N–H and O–H groups in total. The van der Waals surface area contributed by atoms with E-state index in [-0.39, 0.29) is 5.56 Å². The average Bonchev–Trinajstić information content (AvgIpc) is 3.48. The number of aromatic nitrogens is 5. The molecular weight excluding hydrogens is 450 g/mol. The summed E-state index contributed by atoms with van der Waals surface area (Å²) in [7, 11) is 0. The third-order valence-electron chi connectivity index (χ3n) is 5.51. The average molecular weight is 474 g/mol. The van der Waals surface area contributed by atoms with Gasteiger partial charge in [-0.2, -0.15) is 0 Å². The first kappa shape index (κ1) is 21.6. The van der Waals surface area contributed by atoms with Gasteiger partial charge < -0.3 is 0 Å². The van der Waals surface area contributed by atoms with Gasteiger partial charge in [-0.15, -0.1) is 28.1 Å². The molecule has 0 radical (unpaired) electrons. The van der Waals surface area contributed by atoms with E-state index in [0.717, 1.165) is 31.9 Å². The highest BCUT2D eigenvalue weighted by atomic mass is 32.2. The summed E-state index contributed by atoms with van der Waals surface area (Å²) in [6, 6.07) is 16.2. The second-order valence-electron chi connectivity index (χ2n) is 8.04. The Morgan fingerprint density at radius 3 is 2.67 bits per heavy atom. The van der Waals surface area contributed by atoms with Crippen molar-refractivity contribution in [1.82, 2.24) is 24.1 Å². The van der Waals surface area contributed by atoms with E-state index in [1.807, 2.05) is 34.9 Å². The van der Waals surface area contributed by atoms with Gasteiger partial charge in [0.15, 0.2) is 5.16 Å². The van der Waals surface area contributed by atoms with Crippen molar-refractivity contribution in [3.05, 3.63) is 88.2 Å². The van der Waals surface area contributed by atoms with Crippen LogP contribution in [0.15, 0.2) is 77.3 Å². The molecule has 5 rings (SSSR count). The quantitative estimate of drug-likeness (QED) is 0.222. The molecule has 0 unspecified atom stereocenters. The first-order valence-electron chi connectivity index (χ1n) is 10.7. The fraction of sp³-hybridized carbons (Fsp3) is 0.200. The number of para-hydroxylation sites is 1. The number of benzene rings is 2. The molecule has 3 aromatic heterocycles. The Labute approximate surface area is 199 Å². The molecular formula is C25H23N5OS2. The lowest BCUT2D eigenvalue weighted by atomic mass is 10.0.